The first-order valence-electron chi connectivity index (χ1n) is 5.55. The molecule has 88 valence electrons. The fourth-order valence-corrected chi connectivity index (χ4v) is 1.62. The largest absolute Gasteiger partial charge is 0.480 e. The van der Waals surface area contributed by atoms with E-state index in [9.17, 15) is 4.79 Å². The molecule has 0 aromatic heterocycles. The lowest BCUT2D eigenvalue weighted by Gasteiger charge is -2.18. The molecule has 3 heteroatoms. The first-order chi connectivity index (χ1) is 7.50. The minimum Gasteiger partial charge on any atom is -0.480 e. The third-order valence-corrected chi connectivity index (χ3v) is 2.48. The monoisotopic (exact) mass is 221 g/mol. The molecule has 1 aromatic carbocycles. The lowest BCUT2D eigenvalue weighted by molar-refractivity contribution is -0.138. The number of aryl methyl sites for hydroxylation is 1. The van der Waals surface area contributed by atoms with Crippen molar-refractivity contribution in [2.45, 2.75) is 33.2 Å². The van der Waals surface area contributed by atoms with Crippen molar-refractivity contribution in [2.75, 3.05) is 5.32 Å². The van der Waals surface area contributed by atoms with Gasteiger partial charge < -0.3 is 10.4 Å². The van der Waals surface area contributed by atoms with Gasteiger partial charge in [0.15, 0.2) is 0 Å². The lowest BCUT2D eigenvalue weighted by atomic mass is 10.0. The first kappa shape index (κ1) is 12.6. The zero-order valence-corrected chi connectivity index (χ0v) is 10.0. The van der Waals surface area contributed by atoms with Gasteiger partial charge in [-0.1, -0.05) is 32.0 Å². The lowest BCUT2D eigenvalue weighted by Crippen LogP contribution is -2.30. The number of hydrogen-bond acceptors (Lipinski definition) is 2. The summed E-state index contributed by atoms with van der Waals surface area (Å²) in [5.74, 6) is -0.436. The van der Waals surface area contributed by atoms with Gasteiger partial charge in [-0.25, -0.2) is 4.79 Å². The van der Waals surface area contributed by atoms with Crippen molar-refractivity contribution in [2.24, 2.45) is 5.92 Å². The van der Waals surface area contributed by atoms with Gasteiger partial charge in [-0.3, -0.25) is 0 Å². The van der Waals surface area contributed by atoms with Crippen LogP contribution in [0.25, 0.3) is 0 Å². The van der Waals surface area contributed by atoms with Crippen molar-refractivity contribution in [3.05, 3.63) is 29.8 Å². The summed E-state index contributed by atoms with van der Waals surface area (Å²) in [4.78, 5) is 11.1. The average molecular weight is 221 g/mol. The van der Waals surface area contributed by atoms with Crippen LogP contribution in [0.3, 0.4) is 0 Å². The molecule has 1 aromatic rings. The Morgan fingerprint density at radius 1 is 1.38 bits per heavy atom. The van der Waals surface area contributed by atoms with Crippen molar-refractivity contribution < 1.29 is 9.90 Å². The minimum atomic E-state index is -0.794. The molecule has 0 aliphatic carbocycles. The van der Waals surface area contributed by atoms with Gasteiger partial charge in [0.25, 0.3) is 0 Å². The molecule has 0 spiro atoms. The molecule has 0 radical (unpaired) electrons. The highest BCUT2D eigenvalue weighted by Gasteiger charge is 2.18. The molecular formula is C13H19NO2. The van der Waals surface area contributed by atoms with E-state index in [4.69, 9.17) is 5.11 Å². The summed E-state index contributed by atoms with van der Waals surface area (Å²) < 4.78 is 0. The van der Waals surface area contributed by atoms with Crippen LogP contribution in [-0.4, -0.2) is 17.1 Å². The van der Waals surface area contributed by atoms with Gasteiger partial charge >= 0.3 is 5.97 Å². The molecule has 0 saturated heterocycles. The topological polar surface area (TPSA) is 49.3 Å². The molecule has 0 amide bonds. The standard InChI is InChI=1S/C13H19NO2/c1-9(2)8-12(13(15)16)14-11-7-5-4-6-10(11)3/h4-7,9,12,14H,8H2,1-3H3,(H,15,16). The summed E-state index contributed by atoms with van der Waals surface area (Å²) in [6.45, 7) is 6.02. The Morgan fingerprint density at radius 2 is 2.00 bits per heavy atom. The summed E-state index contributed by atoms with van der Waals surface area (Å²) in [6, 6.07) is 7.21. The predicted molar refractivity (Wildman–Crippen MR) is 65.7 cm³/mol. The van der Waals surface area contributed by atoms with E-state index in [0.717, 1.165) is 11.3 Å². The predicted octanol–water partition coefficient (Wildman–Crippen LogP) is 2.91. The molecule has 1 rings (SSSR count). The highest BCUT2D eigenvalue weighted by atomic mass is 16.4. The normalized spacial score (nSPS) is 12.5. The minimum absolute atomic E-state index is 0.359. The molecule has 0 aliphatic heterocycles. The van der Waals surface area contributed by atoms with E-state index in [1.807, 2.05) is 45.0 Å². The maximum Gasteiger partial charge on any atom is 0.326 e. The van der Waals surface area contributed by atoms with E-state index < -0.39 is 12.0 Å². The molecule has 3 nitrogen and oxygen atoms in total. The third kappa shape index (κ3) is 3.57. The molecule has 0 bridgehead atoms. The zero-order valence-electron chi connectivity index (χ0n) is 10.0. The van der Waals surface area contributed by atoms with Gasteiger partial charge in [-0.2, -0.15) is 0 Å². The summed E-state index contributed by atoms with van der Waals surface area (Å²) in [5, 5.41) is 12.2. The smallest absolute Gasteiger partial charge is 0.326 e. The molecule has 16 heavy (non-hydrogen) atoms. The summed E-state index contributed by atoms with van der Waals surface area (Å²) in [6.07, 6.45) is 0.629. The number of carboxylic acid groups (broad SMARTS) is 1. The molecule has 0 heterocycles. The van der Waals surface area contributed by atoms with Crippen molar-refractivity contribution in [3.8, 4) is 0 Å². The molecular weight excluding hydrogens is 202 g/mol. The Bertz CT molecular complexity index is 361. The highest BCUT2D eigenvalue weighted by molar-refractivity contribution is 5.77. The Morgan fingerprint density at radius 3 is 2.50 bits per heavy atom. The van der Waals surface area contributed by atoms with Crippen molar-refractivity contribution in [1.82, 2.24) is 0 Å². The second-order valence-corrected chi connectivity index (χ2v) is 4.48. The first-order valence-corrected chi connectivity index (χ1v) is 5.55. The number of benzene rings is 1. The average Bonchev–Trinajstić information content (AvgIpc) is 2.19. The van der Waals surface area contributed by atoms with Crippen LogP contribution < -0.4 is 5.32 Å². The van der Waals surface area contributed by atoms with Gasteiger partial charge in [0.1, 0.15) is 6.04 Å². The van der Waals surface area contributed by atoms with Gasteiger partial charge in [-0.15, -0.1) is 0 Å². The zero-order chi connectivity index (χ0) is 12.1. The number of para-hydroxylation sites is 1. The van der Waals surface area contributed by atoms with Crippen molar-refractivity contribution in [1.29, 1.82) is 0 Å². The van der Waals surface area contributed by atoms with Crippen LogP contribution in [0.4, 0.5) is 5.69 Å². The quantitative estimate of drug-likeness (QED) is 0.803. The molecule has 0 fully saturated rings. The number of hydrogen-bond donors (Lipinski definition) is 2. The van der Waals surface area contributed by atoms with Crippen LogP contribution in [-0.2, 0) is 4.79 Å². The van der Waals surface area contributed by atoms with E-state index in [1.165, 1.54) is 0 Å². The molecule has 2 N–H and O–H groups in total. The van der Waals surface area contributed by atoms with Crippen LogP contribution in [0, 0.1) is 12.8 Å². The number of carbonyl (C=O) groups is 1. The maximum absolute atomic E-state index is 11.1. The van der Waals surface area contributed by atoms with Crippen LogP contribution in [0.1, 0.15) is 25.8 Å². The summed E-state index contributed by atoms with van der Waals surface area (Å²) >= 11 is 0. The number of anilines is 1. The van der Waals surface area contributed by atoms with E-state index in [0.29, 0.717) is 12.3 Å². The van der Waals surface area contributed by atoms with Gasteiger partial charge in [-0.05, 0) is 30.9 Å². The summed E-state index contributed by atoms with van der Waals surface area (Å²) in [7, 11) is 0. The maximum atomic E-state index is 11.1. The van der Waals surface area contributed by atoms with Crippen LogP contribution in [0.5, 0.6) is 0 Å². The number of aliphatic carboxylic acids is 1. The molecule has 1 unspecified atom stereocenters. The van der Waals surface area contributed by atoms with Crippen molar-refractivity contribution >= 4 is 11.7 Å². The second kappa shape index (κ2) is 5.54. The third-order valence-electron chi connectivity index (χ3n) is 2.48. The van der Waals surface area contributed by atoms with Crippen molar-refractivity contribution in [3.63, 3.8) is 0 Å². The Labute approximate surface area is 96.5 Å². The number of carboxylic acids is 1. The number of rotatable bonds is 5. The van der Waals surface area contributed by atoms with Gasteiger partial charge in [0.2, 0.25) is 0 Å². The molecule has 1 atom stereocenters. The second-order valence-electron chi connectivity index (χ2n) is 4.48. The van der Waals surface area contributed by atoms with Gasteiger partial charge in [0, 0.05) is 5.69 Å². The van der Waals surface area contributed by atoms with E-state index >= 15 is 0 Å². The fourth-order valence-electron chi connectivity index (χ4n) is 1.62. The number of nitrogens with one attached hydrogen (secondary N) is 1. The Hall–Kier alpha value is -1.51. The fraction of sp³-hybridized carbons (Fsp3) is 0.462. The van der Waals surface area contributed by atoms with E-state index in [1.54, 1.807) is 0 Å². The van der Waals surface area contributed by atoms with Gasteiger partial charge in [0.05, 0.1) is 0 Å². The summed E-state index contributed by atoms with van der Waals surface area (Å²) in [5.41, 5.74) is 1.97. The van der Waals surface area contributed by atoms with Crippen LogP contribution >= 0.6 is 0 Å². The Kier molecular flexibility index (Phi) is 4.35. The SMILES string of the molecule is Cc1ccccc1NC(CC(C)C)C(=O)O. The van der Waals surface area contributed by atoms with E-state index in [2.05, 4.69) is 5.32 Å². The molecule has 0 aliphatic rings. The Balaban J connectivity index is 2.76. The highest BCUT2D eigenvalue weighted by Crippen LogP contribution is 2.17. The molecule has 0 saturated carbocycles. The van der Waals surface area contributed by atoms with Crippen LogP contribution in [0.2, 0.25) is 0 Å². The van der Waals surface area contributed by atoms with Crippen LogP contribution in [0.15, 0.2) is 24.3 Å². The van der Waals surface area contributed by atoms with E-state index in [-0.39, 0.29) is 0 Å².